The van der Waals surface area contributed by atoms with E-state index in [-0.39, 0.29) is 88.4 Å². The fourth-order valence-electron chi connectivity index (χ4n) is 21.5. The van der Waals surface area contributed by atoms with Gasteiger partial charge < -0.3 is 59.5 Å². The molecule has 6 heterocycles. The SMILES string of the molecule is CC(C)CN(c1ccc(C(=O)O)cc1)c1nc2c(s1)C(C)(C)CC(=O)C2(C)C.CC1(C)CC(=O)C(C)(C)c2nc(N(CC3CC3)c3ccc(C(=O)O)cn3)sc21.COc1cc(N(CC(C)C)c2sc3c(c2C)C(C)(C)CCC3(C)C)ccc1C(=O)O.Cc1c(N(CC(C)C)c2ccc(C(=O)O)c(OCC3CC3)c2)sc2c1C(C)(C)CCC2(C)C.Cc1c(N(CC(C)C)c2ccc(C(=O)O)c([N+](=O)[O-])c2)sc2c1C(C)(C)CCC2(C)C. The number of methoxy groups -OCH3 is 1. The smallest absolute Gasteiger partial charge is 0.342 e. The maximum absolute atomic E-state index is 12.7. The number of carboxylic acid groups (broad SMARTS) is 5. The first-order chi connectivity index (χ1) is 69.6. The van der Waals surface area contributed by atoms with Crippen LogP contribution in [0.25, 0.3) is 0 Å². The van der Waals surface area contributed by atoms with Crippen LogP contribution in [0.1, 0.15) is 392 Å². The third-order valence-corrected chi connectivity index (χ3v) is 38.9. The van der Waals surface area contributed by atoms with Crippen molar-refractivity contribution in [2.24, 2.45) is 35.5 Å². The third kappa shape index (κ3) is 24.8. The molecule has 0 unspecified atom stereocenters. The van der Waals surface area contributed by atoms with Gasteiger partial charge in [0.15, 0.2) is 10.3 Å². The van der Waals surface area contributed by atoms with E-state index in [9.17, 15) is 64.1 Å². The van der Waals surface area contributed by atoms with Crippen molar-refractivity contribution in [3.05, 3.63) is 204 Å². The maximum atomic E-state index is 12.7. The molecule has 10 aromatic rings. The van der Waals surface area contributed by atoms with E-state index >= 15 is 0 Å². The molecule has 0 atom stereocenters. The molecule has 2 fully saturated rings. The van der Waals surface area contributed by atoms with E-state index in [0.717, 1.165) is 87.6 Å². The Kier molecular flexibility index (Phi) is 34.0. The Bertz CT molecular complexity index is 6600. The van der Waals surface area contributed by atoms with Crippen molar-refractivity contribution in [2.75, 3.05) is 70.9 Å². The fourth-order valence-corrected chi connectivity index (χ4v) is 29.1. The molecule has 0 bridgehead atoms. The fraction of sp³-hybridized carbons (Fsp3) is 0.550. The molecule has 150 heavy (non-hydrogen) atoms. The number of thiazole rings is 2. The minimum absolute atomic E-state index is 0.0757. The Balaban J connectivity index is 0.000000156. The van der Waals surface area contributed by atoms with Crippen molar-refractivity contribution in [3.63, 3.8) is 0 Å². The summed E-state index contributed by atoms with van der Waals surface area (Å²) in [5, 5.41) is 63.8. The highest BCUT2D eigenvalue weighted by Crippen LogP contribution is 2.61. The summed E-state index contributed by atoms with van der Waals surface area (Å²) in [6.07, 6.45) is 14.2. The molecular weight excluding hydrogens is 1980 g/mol. The lowest BCUT2D eigenvalue weighted by Crippen LogP contribution is -2.41. The summed E-state index contributed by atoms with van der Waals surface area (Å²) in [5.41, 5.74) is 13.1. The molecule has 5 N–H and O–H groups in total. The molecule has 2 saturated carbocycles. The quantitative estimate of drug-likeness (QED) is 0.0206. The second-order valence-corrected chi connectivity index (χ2v) is 55.4. The number of nitrogens with zero attached hydrogens (tertiary/aromatic N) is 9. The number of hydrogen-bond acceptors (Lipinski definition) is 24. The van der Waals surface area contributed by atoms with Crippen LogP contribution in [0.5, 0.6) is 11.5 Å². The number of ether oxygens (including phenoxy) is 2. The first kappa shape index (κ1) is 116. The van der Waals surface area contributed by atoms with Crippen LogP contribution in [-0.2, 0) is 63.7 Å². The molecule has 0 aliphatic heterocycles. The van der Waals surface area contributed by atoms with E-state index < -0.39 is 45.6 Å². The van der Waals surface area contributed by atoms with Crippen LogP contribution in [0, 0.1) is 66.4 Å². The van der Waals surface area contributed by atoms with Crippen LogP contribution in [0.4, 0.5) is 59.5 Å². The summed E-state index contributed by atoms with van der Waals surface area (Å²) in [6.45, 7) is 73.1. The number of rotatable bonds is 30. The van der Waals surface area contributed by atoms with E-state index in [2.05, 4.69) is 216 Å². The number of benzene rings is 4. The summed E-state index contributed by atoms with van der Waals surface area (Å²) in [6, 6.07) is 25.7. The van der Waals surface area contributed by atoms with Gasteiger partial charge in [-0.25, -0.2) is 38.9 Å². The number of nitro benzene ring substituents is 1. The number of thiophene rings is 3. The minimum Gasteiger partial charge on any atom is -0.496 e. The van der Waals surface area contributed by atoms with Crippen molar-refractivity contribution in [3.8, 4) is 11.5 Å². The van der Waals surface area contributed by atoms with Gasteiger partial charge in [0.2, 0.25) is 0 Å². The number of carbonyl (C=O) groups is 7. The topological polar surface area (TPSA) is 337 Å². The first-order valence-corrected chi connectivity index (χ1v) is 57.0. The molecule has 7 aliphatic carbocycles. The van der Waals surface area contributed by atoms with E-state index in [1.54, 1.807) is 76.5 Å². The molecular formula is C120H159N9O16S5. The number of pyridine rings is 1. The van der Waals surface area contributed by atoms with Crippen molar-refractivity contribution >= 4 is 158 Å². The van der Waals surface area contributed by atoms with Crippen molar-refractivity contribution in [2.45, 2.75) is 346 Å². The van der Waals surface area contributed by atoms with Crippen LogP contribution in [0.15, 0.2) is 97.2 Å². The lowest BCUT2D eigenvalue weighted by Gasteiger charge is -2.39. The number of fused-ring (bicyclic) bond motifs is 5. The van der Waals surface area contributed by atoms with Crippen molar-refractivity contribution in [1.82, 2.24) is 15.0 Å². The predicted octanol–water partition coefficient (Wildman–Crippen LogP) is 30.9. The van der Waals surface area contributed by atoms with Gasteiger partial charge in [0.25, 0.3) is 5.69 Å². The van der Waals surface area contributed by atoms with Crippen LogP contribution in [-0.4, -0.2) is 133 Å². The number of ketones is 2. The molecule has 6 aromatic heterocycles. The summed E-state index contributed by atoms with van der Waals surface area (Å²) < 4.78 is 11.4. The number of carbonyl (C=O) groups excluding carboxylic acids is 2. The van der Waals surface area contributed by atoms with Gasteiger partial charge in [-0.3, -0.25) is 19.7 Å². The Labute approximate surface area is 907 Å². The third-order valence-electron chi connectivity index (χ3n) is 31.0. The number of aromatic carboxylic acids is 5. The molecule has 7 aliphatic rings. The lowest BCUT2D eigenvalue weighted by molar-refractivity contribution is -0.385. The van der Waals surface area contributed by atoms with E-state index in [1.165, 1.54) is 140 Å². The first-order valence-electron chi connectivity index (χ1n) is 52.9. The van der Waals surface area contributed by atoms with Gasteiger partial charge >= 0.3 is 29.8 Å². The van der Waals surface area contributed by atoms with Crippen LogP contribution in [0.2, 0.25) is 0 Å². The molecule has 30 heteroatoms. The van der Waals surface area contributed by atoms with Crippen molar-refractivity contribution in [1.29, 1.82) is 0 Å². The standard InChI is InChI=1S/C28H39NO3S.C25H35NO3S.C24H32N2O4S.C22H28N2O3S.C21H25N3O3S/c1-17(2)15-29(20-10-11-21(26(30)31)22(14-20)32-16-19-8-9-19)25-18(3)23-24(33-25)28(6,7)13-12-27(23,4)5;1-15(2)14-26(17-9-10-18(23(27)28)19(13-17)29-8)22-16(3)20-21(30-22)25(6,7)12-11-24(20,4)5;1-14(2)13-25(16-8-9-17(22(27)28)18(12-16)26(29)30)21-15(3)19-20(31-21)24(6,7)11-10-23(19,4)5;1-13(2)12-24(15-9-7-14(8-10-15)19(26)27)20-23-17-18(28-20)21(3,4)11-16(25)22(17,5)6;1-20(2)9-14(25)21(3,4)16-17(20)28-19(23-16)24(11-12-5-6-12)15-8-7-13(10-22-15)18(26)27/h10-11,14,17,19H,8-9,12-13,15-16H2,1-7H3,(H,30,31);9-10,13,15H,11-12,14H2,1-8H3,(H,27,28);8-9,12,14H,10-11,13H2,1-7H3,(H,27,28);7-10,13H,11-12H2,1-6H3,(H,26,27);7-8,10,12H,5-6,9,11H2,1-4H3,(H,26,27). The Hall–Kier alpha value is -10.9. The lowest BCUT2D eigenvalue weighted by atomic mass is 9.66. The number of anilines is 10. The summed E-state index contributed by atoms with van der Waals surface area (Å²) in [4.78, 5) is 126. The Morgan fingerprint density at radius 2 is 0.733 bits per heavy atom. The zero-order chi connectivity index (χ0) is 111. The largest absolute Gasteiger partial charge is 0.496 e. The maximum Gasteiger partial charge on any atom is 0.342 e. The average Bonchev–Trinajstić information content (AvgIpc) is 1.58. The van der Waals surface area contributed by atoms with Crippen LogP contribution < -0.4 is 34.0 Å². The molecule has 0 saturated heterocycles. The van der Waals surface area contributed by atoms with Gasteiger partial charge in [-0.05, 0) is 287 Å². The van der Waals surface area contributed by atoms with Gasteiger partial charge in [-0.15, -0.1) is 56.7 Å². The van der Waals surface area contributed by atoms with Crippen molar-refractivity contribution < 1.29 is 73.5 Å². The second kappa shape index (κ2) is 43.9. The molecule has 0 spiro atoms. The van der Waals surface area contributed by atoms with Gasteiger partial charge in [-0.1, -0.05) is 166 Å². The number of nitro groups is 1. The Morgan fingerprint density at radius 1 is 0.400 bits per heavy atom. The van der Waals surface area contributed by atoms with Crippen LogP contribution >= 0.6 is 56.7 Å². The van der Waals surface area contributed by atoms with E-state index in [1.807, 2.05) is 86.8 Å². The van der Waals surface area contributed by atoms with Gasteiger partial charge in [0.1, 0.15) is 45.6 Å². The highest BCUT2D eigenvalue weighted by Gasteiger charge is 2.51. The molecule has 0 radical (unpaired) electrons. The predicted molar refractivity (Wildman–Crippen MR) is 612 cm³/mol. The molecule has 17 rings (SSSR count). The van der Waals surface area contributed by atoms with E-state index in [0.29, 0.717) is 84.5 Å². The summed E-state index contributed by atoms with van der Waals surface area (Å²) in [5.74, 6) is -0.305. The number of aromatic nitrogens is 3. The number of Topliss-reactive ketones (excluding diaryl/α,β-unsaturated/α-hetero) is 2. The number of hydrogen-bond donors (Lipinski definition) is 5. The molecule has 25 nitrogen and oxygen atoms in total. The zero-order valence-corrected chi connectivity index (χ0v) is 98.3. The normalized spacial score (nSPS) is 18.0. The number of carboxylic acids is 5. The monoisotopic (exact) mass is 2140 g/mol. The summed E-state index contributed by atoms with van der Waals surface area (Å²) in [7, 11) is 1.53. The summed E-state index contributed by atoms with van der Waals surface area (Å²) >= 11 is 8.90. The van der Waals surface area contributed by atoms with Gasteiger partial charge in [0.05, 0.1) is 67.0 Å². The highest BCUT2D eigenvalue weighted by atomic mass is 32.1. The minimum atomic E-state index is -1.29. The Morgan fingerprint density at radius 3 is 1.07 bits per heavy atom. The highest BCUT2D eigenvalue weighted by molar-refractivity contribution is 7.18. The second-order valence-electron chi connectivity index (χ2n) is 50.4. The zero-order valence-electron chi connectivity index (χ0n) is 94.2. The van der Waals surface area contributed by atoms with Gasteiger partial charge in [-0.2, -0.15) is 0 Å². The average molecular weight is 2140 g/mol. The molecule has 4 aromatic carbocycles. The molecule has 810 valence electrons. The van der Waals surface area contributed by atoms with E-state index in [4.69, 9.17) is 24.5 Å². The van der Waals surface area contributed by atoms with Crippen LogP contribution in [0.3, 0.4) is 0 Å². The molecule has 0 amide bonds. The van der Waals surface area contributed by atoms with Gasteiger partial charge in [0, 0.05) is 128 Å².